The summed E-state index contributed by atoms with van der Waals surface area (Å²) in [7, 11) is -1.27. The van der Waals surface area contributed by atoms with Crippen LogP contribution in [0.15, 0.2) is 28.8 Å². The van der Waals surface area contributed by atoms with Gasteiger partial charge in [-0.1, -0.05) is 0 Å². The number of nitrogens with zero attached hydrogens (tertiary/aromatic N) is 2. The Balaban J connectivity index is 2.01. The van der Waals surface area contributed by atoms with E-state index in [1.807, 2.05) is 11.9 Å². The molecule has 0 N–H and O–H groups in total. The third-order valence-corrected chi connectivity index (χ3v) is 5.48. The van der Waals surface area contributed by atoms with Crippen LogP contribution in [0.5, 0.6) is 5.75 Å². The number of likely N-dealkylation sites (N-methyl/N-ethyl adjacent to an activating group) is 1. The molecule has 2 aliphatic heterocycles. The van der Waals surface area contributed by atoms with Gasteiger partial charge in [0.05, 0.1) is 12.2 Å². The van der Waals surface area contributed by atoms with Crippen molar-refractivity contribution in [1.82, 2.24) is 9.80 Å². The Bertz CT molecular complexity index is 805. The van der Waals surface area contributed by atoms with E-state index in [9.17, 15) is 22.2 Å². The maximum absolute atomic E-state index is 12.7. The van der Waals surface area contributed by atoms with E-state index in [0.717, 1.165) is 6.07 Å². The van der Waals surface area contributed by atoms with Crippen molar-refractivity contribution in [2.45, 2.75) is 29.9 Å². The quantitative estimate of drug-likeness (QED) is 0.782. The summed E-state index contributed by atoms with van der Waals surface area (Å²) in [6, 6.07) is 3.74. The van der Waals surface area contributed by atoms with E-state index in [4.69, 9.17) is 4.74 Å². The second kappa shape index (κ2) is 6.38. The lowest BCUT2D eigenvalue weighted by Crippen LogP contribution is -2.53. The number of ether oxygens (including phenoxy) is 1. The molecule has 1 fully saturated rings. The van der Waals surface area contributed by atoms with Crippen molar-refractivity contribution in [3.63, 3.8) is 0 Å². The third kappa shape index (κ3) is 3.50. The number of rotatable bonds is 2. The number of fused-ring (bicyclic) bond motifs is 1. The summed E-state index contributed by atoms with van der Waals surface area (Å²) in [6.45, 7) is 5.02. The van der Waals surface area contributed by atoms with Crippen molar-refractivity contribution < 1.29 is 26.9 Å². The molecule has 5 nitrogen and oxygen atoms in total. The minimum atomic E-state index is -4.83. The Morgan fingerprint density at radius 2 is 1.92 bits per heavy atom. The average Bonchev–Trinajstić information content (AvgIpc) is 2.52. The molecule has 1 amide bonds. The molecule has 1 atom stereocenters. The normalized spacial score (nSPS) is 21.7. The fraction of sp³-hybridized carbons (Fsp3) is 0.471. The van der Waals surface area contributed by atoms with Gasteiger partial charge in [-0.05, 0) is 45.2 Å². The predicted molar refractivity (Wildman–Crippen MR) is 90.8 cm³/mol. The molecular formula is C17H19F3N2O3S. The topological polar surface area (TPSA) is 49.9 Å². The van der Waals surface area contributed by atoms with Gasteiger partial charge in [-0.15, -0.1) is 0 Å². The first-order chi connectivity index (χ1) is 12.0. The number of piperazine rings is 1. The van der Waals surface area contributed by atoms with Crippen LogP contribution in [0.2, 0.25) is 0 Å². The van der Waals surface area contributed by atoms with Gasteiger partial charge in [0.1, 0.15) is 11.4 Å². The number of alkyl halides is 3. The zero-order valence-electron chi connectivity index (χ0n) is 14.6. The number of benzene rings is 1. The molecule has 0 spiro atoms. The SMILES string of the molecule is CN1CCN(C2=Cc3cc(S(=O)C(F)(F)F)ccc3OC2(C)C)C(=O)C1. The van der Waals surface area contributed by atoms with Crippen LogP contribution >= 0.6 is 0 Å². The Kier molecular flexibility index (Phi) is 4.64. The van der Waals surface area contributed by atoms with Crippen LogP contribution in [0.1, 0.15) is 19.4 Å². The molecule has 0 saturated carbocycles. The van der Waals surface area contributed by atoms with Gasteiger partial charge >= 0.3 is 5.51 Å². The minimum Gasteiger partial charge on any atom is -0.481 e. The average molecular weight is 388 g/mol. The zero-order valence-corrected chi connectivity index (χ0v) is 15.4. The number of carbonyl (C=O) groups is 1. The van der Waals surface area contributed by atoms with Crippen LogP contribution < -0.4 is 4.74 Å². The molecule has 1 aromatic rings. The molecule has 9 heteroatoms. The summed E-state index contributed by atoms with van der Waals surface area (Å²) in [5.74, 6) is 0.295. The van der Waals surface area contributed by atoms with Crippen molar-refractivity contribution >= 4 is 22.8 Å². The van der Waals surface area contributed by atoms with E-state index in [1.165, 1.54) is 12.1 Å². The van der Waals surface area contributed by atoms with Gasteiger partial charge in [0.2, 0.25) is 5.91 Å². The highest BCUT2D eigenvalue weighted by Gasteiger charge is 2.40. The molecule has 2 heterocycles. The standard InChI is InChI=1S/C17H19F3N2O3S/c1-16(2)14(22-7-6-21(3)10-15(22)23)9-11-8-12(4-5-13(11)25-16)26(24)17(18,19)20/h4-5,8-9H,6-7,10H2,1-3H3. The third-order valence-electron chi connectivity index (χ3n) is 4.38. The number of hydrogen-bond donors (Lipinski definition) is 0. The van der Waals surface area contributed by atoms with Gasteiger partial charge in [0.25, 0.3) is 0 Å². The minimum absolute atomic E-state index is 0.0971. The van der Waals surface area contributed by atoms with Crippen LogP contribution in [0, 0.1) is 0 Å². The monoisotopic (exact) mass is 388 g/mol. The number of hydrogen-bond acceptors (Lipinski definition) is 4. The summed E-state index contributed by atoms with van der Waals surface area (Å²) in [5, 5.41) is 0. The van der Waals surface area contributed by atoms with Crippen molar-refractivity contribution in [2.75, 3.05) is 26.7 Å². The first kappa shape index (κ1) is 18.9. The molecule has 1 saturated heterocycles. The van der Waals surface area contributed by atoms with Crippen LogP contribution in [-0.4, -0.2) is 57.7 Å². The lowest BCUT2D eigenvalue weighted by molar-refractivity contribution is -0.134. The van der Waals surface area contributed by atoms with Gasteiger partial charge in [0, 0.05) is 23.5 Å². The van der Waals surface area contributed by atoms with E-state index >= 15 is 0 Å². The van der Waals surface area contributed by atoms with Gasteiger partial charge < -0.3 is 9.64 Å². The second-order valence-electron chi connectivity index (χ2n) is 6.84. The first-order valence-corrected chi connectivity index (χ1v) is 9.17. The van der Waals surface area contributed by atoms with Gasteiger partial charge in [-0.25, -0.2) is 4.21 Å². The number of amides is 1. The van der Waals surface area contributed by atoms with Crippen LogP contribution in [-0.2, 0) is 15.6 Å². The molecule has 0 bridgehead atoms. The first-order valence-electron chi connectivity index (χ1n) is 8.02. The Labute approximate surface area is 151 Å². The molecule has 1 unspecified atom stereocenters. The second-order valence-corrected chi connectivity index (χ2v) is 8.31. The Hall–Kier alpha value is -1.87. The highest BCUT2D eigenvalue weighted by Crippen LogP contribution is 2.39. The lowest BCUT2D eigenvalue weighted by Gasteiger charge is -2.42. The van der Waals surface area contributed by atoms with E-state index in [-0.39, 0.29) is 17.3 Å². The highest BCUT2D eigenvalue weighted by atomic mass is 32.2. The maximum Gasteiger partial charge on any atom is 0.475 e. The molecule has 2 aliphatic rings. The molecular weight excluding hydrogens is 369 g/mol. The van der Waals surface area contributed by atoms with Crippen LogP contribution in [0.3, 0.4) is 0 Å². The number of carbonyl (C=O) groups excluding carboxylic acids is 1. The molecule has 142 valence electrons. The summed E-state index contributed by atoms with van der Waals surface area (Å²) in [6.07, 6.45) is 1.65. The Morgan fingerprint density at radius 1 is 1.23 bits per heavy atom. The predicted octanol–water partition coefficient (Wildman–Crippen LogP) is 2.60. The van der Waals surface area contributed by atoms with E-state index in [0.29, 0.717) is 30.1 Å². The molecule has 0 radical (unpaired) electrons. The lowest BCUT2D eigenvalue weighted by atomic mass is 9.96. The van der Waals surface area contributed by atoms with E-state index in [1.54, 1.807) is 24.8 Å². The molecule has 26 heavy (non-hydrogen) atoms. The van der Waals surface area contributed by atoms with E-state index in [2.05, 4.69) is 0 Å². The summed E-state index contributed by atoms with van der Waals surface area (Å²) in [5.41, 5.74) is -4.69. The summed E-state index contributed by atoms with van der Waals surface area (Å²) >= 11 is 0. The molecule has 0 aromatic heterocycles. The van der Waals surface area contributed by atoms with E-state index < -0.39 is 21.9 Å². The van der Waals surface area contributed by atoms with Crippen molar-refractivity contribution in [3.05, 3.63) is 29.5 Å². The summed E-state index contributed by atoms with van der Waals surface area (Å²) in [4.78, 5) is 15.6. The van der Waals surface area contributed by atoms with Crippen molar-refractivity contribution in [3.8, 4) is 5.75 Å². The van der Waals surface area contributed by atoms with Crippen molar-refractivity contribution in [1.29, 1.82) is 0 Å². The van der Waals surface area contributed by atoms with Crippen molar-refractivity contribution in [2.24, 2.45) is 0 Å². The fourth-order valence-electron chi connectivity index (χ4n) is 3.08. The largest absolute Gasteiger partial charge is 0.481 e. The zero-order chi connectivity index (χ0) is 19.3. The smallest absolute Gasteiger partial charge is 0.475 e. The van der Waals surface area contributed by atoms with Gasteiger partial charge in [-0.3, -0.25) is 9.69 Å². The fourth-order valence-corrected chi connectivity index (χ4v) is 3.77. The van der Waals surface area contributed by atoms with Crippen LogP contribution in [0.25, 0.3) is 6.08 Å². The maximum atomic E-state index is 12.7. The summed E-state index contributed by atoms with van der Waals surface area (Å²) < 4.78 is 55.8. The van der Waals surface area contributed by atoms with Gasteiger partial charge in [0.15, 0.2) is 10.8 Å². The molecule has 1 aromatic carbocycles. The van der Waals surface area contributed by atoms with Crippen LogP contribution in [0.4, 0.5) is 13.2 Å². The highest BCUT2D eigenvalue weighted by molar-refractivity contribution is 7.86. The number of halogens is 3. The Morgan fingerprint density at radius 3 is 2.54 bits per heavy atom. The molecule has 3 rings (SSSR count). The molecule has 0 aliphatic carbocycles. The van der Waals surface area contributed by atoms with Gasteiger partial charge in [-0.2, -0.15) is 13.2 Å².